The van der Waals surface area contributed by atoms with E-state index in [2.05, 4.69) is 51.7 Å². The summed E-state index contributed by atoms with van der Waals surface area (Å²) in [5.74, 6) is 0. The lowest BCUT2D eigenvalue weighted by atomic mass is 10.4. The standard InChI is InChI=1S/C9H19NSi/c1-8(10(3)4)7-9(2)11(5)6/h7,11H,2H2,1,3-6H3/b8-7+. The van der Waals surface area contributed by atoms with Gasteiger partial charge < -0.3 is 4.90 Å². The molecule has 0 radical (unpaired) electrons. The first-order valence-electron chi connectivity index (χ1n) is 3.99. The fourth-order valence-corrected chi connectivity index (χ4v) is 1.14. The summed E-state index contributed by atoms with van der Waals surface area (Å²) in [6, 6.07) is 0. The number of allylic oxidation sites excluding steroid dienone is 3. The molecule has 0 aromatic heterocycles. The van der Waals surface area contributed by atoms with E-state index in [0.717, 1.165) is 0 Å². The van der Waals surface area contributed by atoms with Crippen molar-refractivity contribution in [3.8, 4) is 0 Å². The number of hydrogen-bond acceptors (Lipinski definition) is 1. The molecule has 2 heteroatoms. The van der Waals surface area contributed by atoms with Gasteiger partial charge in [-0.3, -0.25) is 0 Å². The predicted molar refractivity (Wildman–Crippen MR) is 55.5 cm³/mol. The van der Waals surface area contributed by atoms with Gasteiger partial charge >= 0.3 is 0 Å². The highest BCUT2D eigenvalue weighted by Crippen LogP contribution is 2.05. The van der Waals surface area contributed by atoms with Gasteiger partial charge in [0.05, 0.1) is 8.80 Å². The molecule has 0 bridgehead atoms. The zero-order valence-corrected chi connectivity index (χ0v) is 9.46. The molecular weight excluding hydrogens is 150 g/mol. The van der Waals surface area contributed by atoms with E-state index in [1.807, 2.05) is 0 Å². The molecule has 11 heavy (non-hydrogen) atoms. The van der Waals surface area contributed by atoms with Crippen LogP contribution in [0.15, 0.2) is 23.5 Å². The summed E-state index contributed by atoms with van der Waals surface area (Å²) in [6.45, 7) is 10.7. The van der Waals surface area contributed by atoms with Crippen LogP contribution in [0.1, 0.15) is 6.92 Å². The van der Waals surface area contributed by atoms with E-state index in [-0.39, 0.29) is 0 Å². The maximum absolute atomic E-state index is 4.04. The third-order valence-corrected chi connectivity index (χ3v) is 3.49. The van der Waals surface area contributed by atoms with E-state index in [0.29, 0.717) is 0 Å². The van der Waals surface area contributed by atoms with Gasteiger partial charge in [-0.1, -0.05) is 18.3 Å². The lowest BCUT2D eigenvalue weighted by Gasteiger charge is -2.13. The van der Waals surface area contributed by atoms with Crippen molar-refractivity contribution in [2.75, 3.05) is 14.1 Å². The Morgan fingerprint density at radius 3 is 2.09 bits per heavy atom. The van der Waals surface area contributed by atoms with Crippen LogP contribution in [-0.4, -0.2) is 27.8 Å². The normalized spacial score (nSPS) is 12.0. The van der Waals surface area contributed by atoms with E-state index >= 15 is 0 Å². The van der Waals surface area contributed by atoms with Gasteiger partial charge in [-0.05, 0) is 13.0 Å². The third-order valence-electron chi connectivity index (χ3n) is 1.84. The molecular formula is C9H19NSi. The zero-order valence-electron chi connectivity index (χ0n) is 8.31. The number of rotatable bonds is 3. The summed E-state index contributed by atoms with van der Waals surface area (Å²) >= 11 is 0. The first-order chi connectivity index (χ1) is 4.95. The van der Waals surface area contributed by atoms with Crippen molar-refractivity contribution in [3.63, 3.8) is 0 Å². The van der Waals surface area contributed by atoms with E-state index in [1.165, 1.54) is 10.9 Å². The van der Waals surface area contributed by atoms with Crippen LogP contribution in [0.3, 0.4) is 0 Å². The van der Waals surface area contributed by atoms with E-state index in [4.69, 9.17) is 0 Å². The summed E-state index contributed by atoms with van der Waals surface area (Å²) < 4.78 is 0. The summed E-state index contributed by atoms with van der Waals surface area (Å²) in [6.07, 6.45) is 2.19. The maximum Gasteiger partial charge on any atom is 0.0640 e. The second-order valence-electron chi connectivity index (χ2n) is 3.41. The molecule has 0 amide bonds. The molecule has 0 saturated heterocycles. The van der Waals surface area contributed by atoms with E-state index in [1.54, 1.807) is 0 Å². The topological polar surface area (TPSA) is 3.24 Å². The van der Waals surface area contributed by atoms with Crippen molar-refractivity contribution in [3.05, 3.63) is 23.5 Å². The Morgan fingerprint density at radius 1 is 1.36 bits per heavy atom. The quantitative estimate of drug-likeness (QED) is 0.461. The summed E-state index contributed by atoms with van der Waals surface area (Å²) in [7, 11) is 3.45. The van der Waals surface area contributed by atoms with Crippen molar-refractivity contribution in [1.29, 1.82) is 0 Å². The van der Waals surface area contributed by atoms with Crippen molar-refractivity contribution >= 4 is 8.80 Å². The van der Waals surface area contributed by atoms with Gasteiger partial charge in [-0.25, -0.2) is 0 Å². The minimum absolute atomic E-state index is 0.660. The smallest absolute Gasteiger partial charge is 0.0640 e. The van der Waals surface area contributed by atoms with Crippen LogP contribution in [0.2, 0.25) is 13.1 Å². The minimum atomic E-state index is -0.660. The lowest BCUT2D eigenvalue weighted by Crippen LogP contribution is -2.10. The molecule has 0 heterocycles. The van der Waals surface area contributed by atoms with Gasteiger partial charge in [0, 0.05) is 19.8 Å². The number of nitrogens with zero attached hydrogens (tertiary/aromatic N) is 1. The summed E-state index contributed by atoms with van der Waals surface area (Å²) in [5.41, 5.74) is 1.29. The molecule has 0 aliphatic carbocycles. The van der Waals surface area contributed by atoms with Crippen LogP contribution in [-0.2, 0) is 0 Å². The molecule has 64 valence electrons. The molecule has 0 unspecified atom stereocenters. The second-order valence-corrected chi connectivity index (χ2v) is 6.46. The van der Waals surface area contributed by atoms with Crippen LogP contribution in [0.25, 0.3) is 0 Å². The van der Waals surface area contributed by atoms with E-state index in [9.17, 15) is 0 Å². The summed E-state index contributed by atoms with van der Waals surface area (Å²) in [5, 5.41) is 1.33. The molecule has 1 nitrogen and oxygen atoms in total. The second kappa shape index (κ2) is 4.39. The molecule has 0 saturated carbocycles. The van der Waals surface area contributed by atoms with Gasteiger partial charge in [-0.2, -0.15) is 0 Å². The molecule has 0 rings (SSSR count). The third kappa shape index (κ3) is 4.04. The first-order valence-corrected chi connectivity index (χ1v) is 6.88. The Kier molecular flexibility index (Phi) is 4.19. The fraction of sp³-hybridized carbons (Fsp3) is 0.556. The van der Waals surface area contributed by atoms with E-state index < -0.39 is 8.80 Å². The van der Waals surface area contributed by atoms with Gasteiger partial charge in [-0.15, -0.1) is 6.58 Å². The van der Waals surface area contributed by atoms with Gasteiger partial charge in [0.25, 0.3) is 0 Å². The summed E-state index contributed by atoms with van der Waals surface area (Å²) in [4.78, 5) is 2.11. The van der Waals surface area contributed by atoms with Crippen LogP contribution in [0, 0.1) is 0 Å². The molecule has 0 aliphatic rings. The molecule has 0 N–H and O–H groups in total. The Bertz CT molecular complexity index is 168. The highest BCUT2D eigenvalue weighted by atomic mass is 28.3. The fourth-order valence-electron chi connectivity index (χ4n) is 0.564. The largest absolute Gasteiger partial charge is 0.381 e. The van der Waals surface area contributed by atoms with Gasteiger partial charge in [0.15, 0.2) is 0 Å². The Labute approximate surface area is 72.0 Å². The van der Waals surface area contributed by atoms with Crippen LogP contribution < -0.4 is 0 Å². The molecule has 0 aliphatic heterocycles. The maximum atomic E-state index is 4.04. The molecule has 0 aromatic rings. The Balaban J connectivity index is 4.20. The SMILES string of the molecule is C=C(/C=C(\C)N(C)C)[SiH](C)C. The Hall–Kier alpha value is -0.503. The van der Waals surface area contributed by atoms with Gasteiger partial charge in [0.1, 0.15) is 0 Å². The highest BCUT2D eigenvalue weighted by Gasteiger charge is 1.99. The van der Waals surface area contributed by atoms with Crippen LogP contribution in [0.5, 0.6) is 0 Å². The average Bonchev–Trinajstić information content (AvgIpc) is 1.87. The minimum Gasteiger partial charge on any atom is -0.381 e. The highest BCUT2D eigenvalue weighted by molar-refractivity contribution is 6.64. The van der Waals surface area contributed by atoms with Crippen molar-refractivity contribution < 1.29 is 0 Å². The molecule has 0 fully saturated rings. The van der Waals surface area contributed by atoms with Crippen molar-refractivity contribution in [2.24, 2.45) is 0 Å². The van der Waals surface area contributed by atoms with Crippen molar-refractivity contribution in [1.82, 2.24) is 4.90 Å². The predicted octanol–water partition coefficient (Wildman–Crippen LogP) is 2.03. The average molecular weight is 169 g/mol. The van der Waals surface area contributed by atoms with Crippen LogP contribution >= 0.6 is 0 Å². The molecule has 0 atom stereocenters. The molecule has 0 spiro atoms. The van der Waals surface area contributed by atoms with Crippen molar-refractivity contribution in [2.45, 2.75) is 20.0 Å². The van der Waals surface area contributed by atoms with Crippen LogP contribution in [0.4, 0.5) is 0 Å². The van der Waals surface area contributed by atoms with Gasteiger partial charge in [0.2, 0.25) is 0 Å². The molecule has 0 aromatic carbocycles. The monoisotopic (exact) mass is 169 g/mol. The Morgan fingerprint density at radius 2 is 1.82 bits per heavy atom. The first kappa shape index (κ1) is 10.5. The number of hydrogen-bond donors (Lipinski definition) is 0. The zero-order chi connectivity index (χ0) is 9.02. The lowest BCUT2D eigenvalue weighted by molar-refractivity contribution is 0.514.